The van der Waals surface area contributed by atoms with E-state index in [1.807, 2.05) is 0 Å². The minimum Gasteiger partial charge on any atom is -0.469 e. The highest BCUT2D eigenvalue weighted by molar-refractivity contribution is 7.78. The molecule has 10 heavy (non-hydrogen) atoms. The topological polar surface area (TPSA) is 38.7 Å². The molecule has 1 atom stereocenters. The van der Waals surface area contributed by atoms with Gasteiger partial charge in [-0.1, -0.05) is 0 Å². The lowest BCUT2D eigenvalue weighted by molar-refractivity contribution is -0.140. The average molecular weight is 159 g/mol. The van der Waals surface area contributed by atoms with E-state index in [1.165, 1.54) is 7.11 Å². The van der Waals surface area contributed by atoms with Crippen molar-refractivity contribution in [3.8, 4) is 0 Å². The van der Waals surface area contributed by atoms with E-state index in [0.29, 0.717) is 0 Å². The summed E-state index contributed by atoms with van der Waals surface area (Å²) >= 11 is 4.35. The average Bonchev–Trinajstić information content (AvgIpc) is 1.88. The summed E-state index contributed by atoms with van der Waals surface area (Å²) < 4.78 is 4.41. The van der Waals surface area contributed by atoms with Crippen molar-refractivity contribution in [2.45, 2.75) is 19.4 Å². The van der Waals surface area contributed by atoms with Gasteiger partial charge in [-0.05, 0) is 19.1 Å². The van der Waals surface area contributed by atoms with Gasteiger partial charge in [0.05, 0.1) is 24.7 Å². The number of methoxy groups -OCH3 is 1. The van der Waals surface area contributed by atoms with Gasteiger partial charge >= 0.3 is 5.97 Å². The maximum atomic E-state index is 10.6. The van der Waals surface area contributed by atoms with Gasteiger partial charge in [-0.25, -0.2) is 4.99 Å². The Morgan fingerprint density at radius 2 is 2.50 bits per heavy atom. The van der Waals surface area contributed by atoms with Gasteiger partial charge in [-0.2, -0.15) is 0 Å². The number of carbonyl (C=O) groups is 1. The van der Waals surface area contributed by atoms with Crippen LogP contribution in [0.25, 0.3) is 0 Å². The van der Waals surface area contributed by atoms with Crippen LogP contribution in [0, 0.1) is 0 Å². The quantitative estimate of drug-likeness (QED) is 0.351. The molecule has 0 radical (unpaired) electrons. The fraction of sp³-hybridized carbons (Fsp3) is 0.667. The van der Waals surface area contributed by atoms with Crippen molar-refractivity contribution in [2.24, 2.45) is 4.99 Å². The number of isothiocyanates is 1. The fourth-order valence-electron chi connectivity index (χ4n) is 0.460. The molecule has 0 saturated heterocycles. The molecule has 0 saturated carbocycles. The zero-order valence-electron chi connectivity index (χ0n) is 5.96. The van der Waals surface area contributed by atoms with Crippen LogP contribution in [0.3, 0.4) is 0 Å². The number of nitrogens with zero attached hydrogens (tertiary/aromatic N) is 1. The molecule has 0 aliphatic rings. The van der Waals surface area contributed by atoms with Crippen LogP contribution in [0.15, 0.2) is 4.99 Å². The number of rotatable bonds is 3. The van der Waals surface area contributed by atoms with Crippen LogP contribution in [0.1, 0.15) is 13.3 Å². The lowest BCUT2D eigenvalue weighted by atomic mass is 10.2. The Kier molecular flexibility index (Phi) is 4.72. The first-order chi connectivity index (χ1) is 4.70. The summed E-state index contributed by atoms with van der Waals surface area (Å²) in [6.45, 7) is 1.77. The summed E-state index contributed by atoms with van der Waals surface area (Å²) in [7, 11) is 1.34. The van der Waals surface area contributed by atoms with Gasteiger partial charge in [-0.15, -0.1) is 0 Å². The summed E-state index contributed by atoms with van der Waals surface area (Å²) in [5.74, 6) is -0.276. The second kappa shape index (κ2) is 5.09. The van der Waals surface area contributed by atoms with Crippen LogP contribution in [0.4, 0.5) is 0 Å². The van der Waals surface area contributed by atoms with E-state index in [-0.39, 0.29) is 18.4 Å². The van der Waals surface area contributed by atoms with E-state index >= 15 is 0 Å². The molecule has 0 aliphatic carbocycles. The molecule has 0 heterocycles. The summed E-state index contributed by atoms with van der Waals surface area (Å²) in [5.41, 5.74) is 0. The summed E-state index contributed by atoms with van der Waals surface area (Å²) in [6, 6.07) is -0.120. The van der Waals surface area contributed by atoms with E-state index in [1.54, 1.807) is 6.92 Å². The third kappa shape index (κ3) is 4.18. The molecule has 0 aromatic carbocycles. The minimum atomic E-state index is -0.276. The van der Waals surface area contributed by atoms with Gasteiger partial charge in [-0.3, -0.25) is 4.79 Å². The lowest BCUT2D eigenvalue weighted by Crippen LogP contribution is -2.08. The second-order valence-electron chi connectivity index (χ2n) is 1.85. The van der Waals surface area contributed by atoms with Gasteiger partial charge in [0.15, 0.2) is 0 Å². The second-order valence-corrected chi connectivity index (χ2v) is 2.03. The molecule has 0 bridgehead atoms. The van der Waals surface area contributed by atoms with Gasteiger partial charge in [0.25, 0.3) is 0 Å². The summed E-state index contributed by atoms with van der Waals surface area (Å²) in [6.07, 6.45) is 0.264. The molecule has 3 nitrogen and oxygen atoms in total. The molecule has 0 aromatic heterocycles. The van der Waals surface area contributed by atoms with Gasteiger partial charge in [0, 0.05) is 0 Å². The number of thiocarbonyl (C=S) groups is 1. The van der Waals surface area contributed by atoms with Crippen molar-refractivity contribution < 1.29 is 9.53 Å². The molecule has 0 aromatic rings. The first kappa shape index (κ1) is 9.27. The Bertz CT molecular complexity index is 163. The SMILES string of the molecule is COC(=O)C[C@@H](C)N=C=S. The van der Waals surface area contributed by atoms with Gasteiger partial charge in [0.2, 0.25) is 0 Å². The van der Waals surface area contributed by atoms with Crippen molar-refractivity contribution >= 4 is 23.3 Å². The highest BCUT2D eigenvalue weighted by Crippen LogP contribution is 1.96. The predicted molar refractivity (Wildman–Crippen MR) is 41.1 cm³/mol. The van der Waals surface area contributed by atoms with Crippen LogP contribution < -0.4 is 0 Å². The molecule has 0 amide bonds. The normalized spacial score (nSPS) is 11.4. The van der Waals surface area contributed by atoms with E-state index in [0.717, 1.165) is 0 Å². The van der Waals surface area contributed by atoms with Gasteiger partial charge in [0.1, 0.15) is 0 Å². The van der Waals surface area contributed by atoms with Gasteiger partial charge < -0.3 is 4.74 Å². The standard InChI is InChI=1S/C6H9NO2S/c1-5(7-4-10)3-6(8)9-2/h5H,3H2,1-2H3/t5-/m1/s1. The first-order valence-corrected chi connectivity index (χ1v) is 3.25. The third-order valence-electron chi connectivity index (χ3n) is 0.963. The van der Waals surface area contributed by atoms with Crippen molar-refractivity contribution in [1.82, 2.24) is 0 Å². The molecule has 0 rings (SSSR count). The molecule has 0 aliphatic heterocycles. The highest BCUT2D eigenvalue weighted by Gasteiger charge is 2.05. The van der Waals surface area contributed by atoms with Crippen LogP contribution >= 0.6 is 12.2 Å². The molecule has 0 fully saturated rings. The zero-order chi connectivity index (χ0) is 7.98. The molecular weight excluding hydrogens is 150 g/mol. The number of esters is 1. The Morgan fingerprint density at radius 1 is 1.90 bits per heavy atom. The zero-order valence-corrected chi connectivity index (χ0v) is 6.77. The first-order valence-electron chi connectivity index (χ1n) is 2.84. The Hall–Kier alpha value is -0.730. The van der Waals surface area contributed by atoms with Crippen LogP contribution in [-0.4, -0.2) is 24.3 Å². The van der Waals surface area contributed by atoms with E-state index in [9.17, 15) is 4.79 Å². The molecule has 0 spiro atoms. The minimum absolute atomic E-state index is 0.120. The molecule has 0 N–H and O–H groups in total. The van der Waals surface area contributed by atoms with Crippen molar-refractivity contribution in [1.29, 1.82) is 0 Å². The summed E-state index contributed by atoms with van der Waals surface area (Å²) in [5, 5.41) is 2.20. The maximum absolute atomic E-state index is 10.6. The molecule has 0 unspecified atom stereocenters. The molecule has 4 heteroatoms. The van der Waals surface area contributed by atoms with Crippen LogP contribution in [0.2, 0.25) is 0 Å². The van der Waals surface area contributed by atoms with E-state index < -0.39 is 0 Å². The van der Waals surface area contributed by atoms with Crippen molar-refractivity contribution in [3.63, 3.8) is 0 Å². The Labute approximate surface area is 65.1 Å². The Balaban J connectivity index is 3.67. The van der Waals surface area contributed by atoms with E-state index in [2.05, 4.69) is 27.1 Å². The summed E-state index contributed by atoms with van der Waals surface area (Å²) in [4.78, 5) is 14.2. The predicted octanol–water partition coefficient (Wildman–Crippen LogP) is 1.04. The van der Waals surface area contributed by atoms with Crippen molar-refractivity contribution in [2.75, 3.05) is 7.11 Å². The number of aliphatic imine (C=N–C) groups is 1. The van der Waals surface area contributed by atoms with Crippen LogP contribution in [-0.2, 0) is 9.53 Å². The largest absolute Gasteiger partial charge is 0.469 e. The number of carbonyl (C=O) groups excluding carboxylic acids is 1. The Morgan fingerprint density at radius 3 is 2.90 bits per heavy atom. The fourth-order valence-corrected chi connectivity index (χ4v) is 0.640. The third-order valence-corrected chi connectivity index (χ3v) is 1.07. The number of hydrogen-bond donors (Lipinski definition) is 0. The lowest BCUT2D eigenvalue weighted by Gasteiger charge is -2.00. The smallest absolute Gasteiger partial charge is 0.307 e. The number of hydrogen-bond acceptors (Lipinski definition) is 4. The number of ether oxygens (including phenoxy) is 1. The van der Waals surface area contributed by atoms with E-state index in [4.69, 9.17) is 0 Å². The maximum Gasteiger partial charge on any atom is 0.307 e. The van der Waals surface area contributed by atoms with Crippen molar-refractivity contribution in [3.05, 3.63) is 0 Å². The van der Waals surface area contributed by atoms with Crippen LogP contribution in [0.5, 0.6) is 0 Å². The highest BCUT2D eigenvalue weighted by atomic mass is 32.1. The monoisotopic (exact) mass is 159 g/mol. The molecular formula is C6H9NO2S. The molecule has 56 valence electrons.